The molecule has 1 aromatic rings. The first-order valence-electron chi connectivity index (χ1n) is 7.34. The molecule has 2 N–H and O–H groups in total. The molecule has 0 amide bonds. The summed E-state index contributed by atoms with van der Waals surface area (Å²) >= 11 is 0. The number of nitrogens with two attached hydrogens (primary N) is 1. The lowest BCUT2D eigenvalue weighted by molar-refractivity contribution is -0.385. The van der Waals surface area contributed by atoms with Crippen LogP contribution in [0.15, 0.2) is 18.2 Å². The molecule has 2 unspecified atom stereocenters. The van der Waals surface area contributed by atoms with Crippen molar-refractivity contribution in [2.75, 3.05) is 0 Å². The van der Waals surface area contributed by atoms with E-state index in [9.17, 15) is 10.1 Å². The van der Waals surface area contributed by atoms with Crippen LogP contribution in [0, 0.1) is 10.1 Å². The van der Waals surface area contributed by atoms with Gasteiger partial charge in [-0.1, -0.05) is 6.42 Å². The molecule has 0 saturated heterocycles. The summed E-state index contributed by atoms with van der Waals surface area (Å²) in [6.45, 7) is 3.74. The SMILES string of the molecule is CC(C)Oc1cc(OC2CCCCC2N)cc([N+](=O)[O-])c1. The van der Waals surface area contributed by atoms with E-state index in [1.54, 1.807) is 6.07 Å². The Kier molecular flexibility index (Phi) is 5.01. The van der Waals surface area contributed by atoms with Gasteiger partial charge in [0.15, 0.2) is 0 Å². The van der Waals surface area contributed by atoms with Gasteiger partial charge in [-0.05, 0) is 33.1 Å². The molecule has 0 heterocycles. The number of non-ortho nitro benzene ring substituents is 1. The summed E-state index contributed by atoms with van der Waals surface area (Å²) in [6.07, 6.45) is 3.84. The zero-order chi connectivity index (χ0) is 15.4. The summed E-state index contributed by atoms with van der Waals surface area (Å²) in [7, 11) is 0. The first-order chi connectivity index (χ1) is 9.95. The van der Waals surface area contributed by atoms with Gasteiger partial charge in [-0.2, -0.15) is 0 Å². The number of nitrogens with zero attached hydrogens (tertiary/aromatic N) is 1. The highest BCUT2D eigenvalue weighted by Gasteiger charge is 2.24. The summed E-state index contributed by atoms with van der Waals surface area (Å²) in [6, 6.07) is 4.50. The quantitative estimate of drug-likeness (QED) is 0.666. The lowest BCUT2D eigenvalue weighted by Crippen LogP contribution is -2.41. The third kappa shape index (κ3) is 4.32. The average molecular weight is 294 g/mol. The largest absolute Gasteiger partial charge is 0.491 e. The minimum Gasteiger partial charge on any atom is -0.491 e. The maximum atomic E-state index is 11.0. The van der Waals surface area contributed by atoms with Gasteiger partial charge in [0.2, 0.25) is 0 Å². The van der Waals surface area contributed by atoms with Crippen molar-refractivity contribution in [3.63, 3.8) is 0 Å². The third-order valence-electron chi connectivity index (χ3n) is 3.49. The number of rotatable bonds is 5. The molecule has 116 valence electrons. The van der Waals surface area contributed by atoms with Crippen molar-refractivity contribution in [1.82, 2.24) is 0 Å². The predicted octanol–water partition coefficient (Wildman–Crippen LogP) is 3.03. The van der Waals surface area contributed by atoms with Crippen LogP contribution in [0.2, 0.25) is 0 Å². The second kappa shape index (κ2) is 6.76. The van der Waals surface area contributed by atoms with Crippen molar-refractivity contribution >= 4 is 5.69 Å². The Morgan fingerprint density at radius 1 is 1.24 bits per heavy atom. The molecule has 1 aliphatic carbocycles. The van der Waals surface area contributed by atoms with Crippen LogP contribution in [-0.2, 0) is 0 Å². The maximum absolute atomic E-state index is 11.0. The van der Waals surface area contributed by atoms with Gasteiger partial charge in [-0.15, -0.1) is 0 Å². The van der Waals surface area contributed by atoms with E-state index in [4.69, 9.17) is 15.2 Å². The Hall–Kier alpha value is -1.82. The van der Waals surface area contributed by atoms with Crippen LogP contribution in [0.3, 0.4) is 0 Å². The highest BCUT2D eigenvalue weighted by atomic mass is 16.6. The van der Waals surface area contributed by atoms with E-state index < -0.39 is 4.92 Å². The second-order valence-electron chi connectivity index (χ2n) is 5.69. The van der Waals surface area contributed by atoms with Crippen LogP contribution in [0.5, 0.6) is 11.5 Å². The molecule has 6 nitrogen and oxygen atoms in total. The van der Waals surface area contributed by atoms with E-state index >= 15 is 0 Å². The molecule has 0 aromatic heterocycles. The zero-order valence-electron chi connectivity index (χ0n) is 12.5. The molecule has 2 atom stereocenters. The number of benzene rings is 1. The fourth-order valence-corrected chi connectivity index (χ4v) is 2.52. The smallest absolute Gasteiger partial charge is 0.276 e. The molecule has 6 heteroatoms. The molecule has 1 aliphatic rings. The molecule has 0 bridgehead atoms. The van der Waals surface area contributed by atoms with Gasteiger partial charge in [0.05, 0.1) is 23.2 Å². The minimum absolute atomic E-state index is 0.0209. The van der Waals surface area contributed by atoms with Crippen molar-refractivity contribution in [1.29, 1.82) is 0 Å². The maximum Gasteiger partial charge on any atom is 0.276 e. The number of ether oxygens (including phenoxy) is 2. The standard InChI is InChI=1S/C15H22N2O4/c1-10(2)20-12-7-11(17(18)19)8-13(9-12)21-15-6-4-3-5-14(15)16/h7-10,14-15H,3-6,16H2,1-2H3. The Morgan fingerprint density at radius 2 is 1.90 bits per heavy atom. The predicted molar refractivity (Wildman–Crippen MR) is 79.7 cm³/mol. The van der Waals surface area contributed by atoms with Crippen molar-refractivity contribution in [3.8, 4) is 11.5 Å². The fraction of sp³-hybridized carbons (Fsp3) is 0.600. The molecule has 2 rings (SSSR count). The Labute approximate surface area is 124 Å². The average Bonchev–Trinajstić information content (AvgIpc) is 2.40. The molecule has 1 aromatic carbocycles. The normalized spacial score (nSPS) is 22.1. The number of hydrogen-bond acceptors (Lipinski definition) is 5. The van der Waals surface area contributed by atoms with Crippen LogP contribution in [-0.4, -0.2) is 23.2 Å². The van der Waals surface area contributed by atoms with Crippen LogP contribution >= 0.6 is 0 Å². The van der Waals surface area contributed by atoms with Crippen molar-refractivity contribution < 1.29 is 14.4 Å². The Balaban J connectivity index is 2.20. The van der Waals surface area contributed by atoms with Crippen LogP contribution in [0.4, 0.5) is 5.69 Å². The molecular formula is C15H22N2O4. The van der Waals surface area contributed by atoms with Gasteiger partial charge in [0.1, 0.15) is 17.6 Å². The summed E-state index contributed by atoms with van der Waals surface area (Å²) in [5.41, 5.74) is 6.02. The minimum atomic E-state index is -0.444. The van der Waals surface area contributed by atoms with E-state index in [1.807, 2.05) is 13.8 Å². The number of nitro groups is 1. The highest BCUT2D eigenvalue weighted by Crippen LogP contribution is 2.31. The molecular weight excluding hydrogens is 272 g/mol. The van der Waals surface area contributed by atoms with Crippen molar-refractivity contribution in [2.45, 2.75) is 57.8 Å². The fourth-order valence-electron chi connectivity index (χ4n) is 2.52. The van der Waals surface area contributed by atoms with E-state index in [-0.39, 0.29) is 23.9 Å². The van der Waals surface area contributed by atoms with Crippen molar-refractivity contribution in [2.24, 2.45) is 5.73 Å². The van der Waals surface area contributed by atoms with Gasteiger partial charge in [-0.3, -0.25) is 10.1 Å². The molecule has 1 fully saturated rings. The summed E-state index contributed by atoms with van der Waals surface area (Å²) in [4.78, 5) is 10.6. The first-order valence-corrected chi connectivity index (χ1v) is 7.34. The number of hydrogen-bond donors (Lipinski definition) is 1. The van der Waals surface area contributed by atoms with Gasteiger partial charge >= 0.3 is 0 Å². The summed E-state index contributed by atoms with van der Waals surface area (Å²) in [5.74, 6) is 0.890. The lowest BCUT2D eigenvalue weighted by Gasteiger charge is -2.29. The summed E-state index contributed by atoms with van der Waals surface area (Å²) in [5, 5.41) is 11.0. The van der Waals surface area contributed by atoms with Crippen LogP contribution < -0.4 is 15.2 Å². The topological polar surface area (TPSA) is 87.6 Å². The zero-order valence-corrected chi connectivity index (χ0v) is 12.5. The van der Waals surface area contributed by atoms with Gasteiger partial charge in [0, 0.05) is 12.1 Å². The summed E-state index contributed by atoms with van der Waals surface area (Å²) < 4.78 is 11.4. The van der Waals surface area contributed by atoms with E-state index in [1.165, 1.54) is 12.1 Å². The second-order valence-corrected chi connectivity index (χ2v) is 5.69. The van der Waals surface area contributed by atoms with E-state index in [2.05, 4.69) is 0 Å². The number of nitro benzene ring substituents is 1. The van der Waals surface area contributed by atoms with Crippen LogP contribution in [0.1, 0.15) is 39.5 Å². The van der Waals surface area contributed by atoms with E-state index in [0.717, 1.165) is 25.7 Å². The molecule has 1 saturated carbocycles. The molecule has 0 spiro atoms. The monoisotopic (exact) mass is 294 g/mol. The third-order valence-corrected chi connectivity index (χ3v) is 3.49. The Bertz CT molecular complexity index is 504. The van der Waals surface area contributed by atoms with E-state index in [0.29, 0.717) is 11.5 Å². The van der Waals surface area contributed by atoms with Crippen LogP contribution in [0.25, 0.3) is 0 Å². The first kappa shape index (κ1) is 15.6. The Morgan fingerprint density at radius 3 is 2.52 bits per heavy atom. The lowest BCUT2D eigenvalue weighted by atomic mass is 9.93. The molecule has 0 radical (unpaired) electrons. The molecule has 21 heavy (non-hydrogen) atoms. The van der Waals surface area contributed by atoms with Crippen molar-refractivity contribution in [3.05, 3.63) is 28.3 Å². The van der Waals surface area contributed by atoms with Gasteiger partial charge < -0.3 is 15.2 Å². The molecule has 0 aliphatic heterocycles. The highest BCUT2D eigenvalue weighted by molar-refractivity contribution is 5.46. The van der Waals surface area contributed by atoms with Gasteiger partial charge in [0.25, 0.3) is 5.69 Å². The van der Waals surface area contributed by atoms with Gasteiger partial charge in [-0.25, -0.2) is 0 Å².